The molecule has 0 saturated carbocycles. The van der Waals surface area contributed by atoms with E-state index in [1.807, 2.05) is 4.90 Å². The Kier molecular flexibility index (Phi) is 4.60. The highest BCUT2D eigenvalue weighted by Crippen LogP contribution is 2.13. The van der Waals surface area contributed by atoms with Gasteiger partial charge in [-0.3, -0.25) is 14.6 Å². The van der Waals surface area contributed by atoms with Gasteiger partial charge in [-0.25, -0.2) is 0 Å². The molecule has 8 heteroatoms. The van der Waals surface area contributed by atoms with E-state index in [2.05, 4.69) is 20.4 Å². The van der Waals surface area contributed by atoms with Crippen LogP contribution < -0.4 is 5.32 Å². The summed E-state index contributed by atoms with van der Waals surface area (Å²) in [5, 5.41) is 6.48. The lowest BCUT2D eigenvalue weighted by atomic mass is 10.3. The van der Waals surface area contributed by atoms with Gasteiger partial charge in [0.1, 0.15) is 0 Å². The third-order valence-corrected chi connectivity index (χ3v) is 3.60. The van der Waals surface area contributed by atoms with E-state index in [-0.39, 0.29) is 11.8 Å². The Morgan fingerprint density at radius 3 is 3.09 bits per heavy atom. The molecule has 0 bridgehead atoms. The van der Waals surface area contributed by atoms with E-state index in [9.17, 15) is 9.59 Å². The lowest BCUT2D eigenvalue weighted by molar-refractivity contribution is -0.127. The molecule has 3 rings (SSSR count). The van der Waals surface area contributed by atoms with Crippen LogP contribution in [0.3, 0.4) is 0 Å². The molecule has 120 valence electrons. The summed E-state index contributed by atoms with van der Waals surface area (Å²) in [4.78, 5) is 33.2. The number of aromatic nitrogens is 3. The smallest absolute Gasteiger partial charge is 0.316 e. The van der Waals surface area contributed by atoms with E-state index >= 15 is 0 Å². The van der Waals surface area contributed by atoms with Crippen molar-refractivity contribution in [3.05, 3.63) is 30.4 Å². The van der Waals surface area contributed by atoms with Gasteiger partial charge in [0.15, 0.2) is 0 Å². The predicted molar refractivity (Wildman–Crippen MR) is 80.3 cm³/mol. The summed E-state index contributed by atoms with van der Waals surface area (Å²) >= 11 is 0. The zero-order chi connectivity index (χ0) is 16.1. The molecule has 1 saturated heterocycles. The summed E-state index contributed by atoms with van der Waals surface area (Å²) in [5.74, 6) is 0.0155. The quantitative estimate of drug-likeness (QED) is 0.794. The maximum Gasteiger partial charge on any atom is 0.316 e. The van der Waals surface area contributed by atoms with Crippen molar-refractivity contribution in [1.82, 2.24) is 25.3 Å². The highest BCUT2D eigenvalue weighted by atomic mass is 16.5. The maximum atomic E-state index is 11.9. The molecule has 3 heterocycles. The normalized spacial score (nSPS) is 14.3. The van der Waals surface area contributed by atoms with E-state index in [1.165, 1.54) is 0 Å². The highest BCUT2D eigenvalue weighted by molar-refractivity contribution is 5.89. The van der Waals surface area contributed by atoms with Gasteiger partial charge in [-0.05, 0) is 25.0 Å². The first-order valence-corrected chi connectivity index (χ1v) is 7.54. The first kappa shape index (κ1) is 15.1. The summed E-state index contributed by atoms with van der Waals surface area (Å²) in [6.07, 6.45) is 5.48. The summed E-state index contributed by atoms with van der Waals surface area (Å²) in [6, 6.07) is 3.54. The van der Waals surface area contributed by atoms with Crippen molar-refractivity contribution >= 4 is 11.8 Å². The van der Waals surface area contributed by atoms with Crippen LogP contribution in [0.15, 0.2) is 29.0 Å². The molecular formula is C15H17N5O3. The first-order valence-electron chi connectivity index (χ1n) is 7.54. The topological polar surface area (TPSA) is 101 Å². The molecule has 0 aromatic carbocycles. The fourth-order valence-electron chi connectivity index (χ4n) is 2.42. The van der Waals surface area contributed by atoms with Crippen molar-refractivity contribution in [3.63, 3.8) is 0 Å². The molecule has 1 aliphatic heterocycles. The average Bonchev–Trinajstić information content (AvgIpc) is 3.22. The number of hydrogen-bond acceptors (Lipinski definition) is 6. The molecule has 0 spiro atoms. The van der Waals surface area contributed by atoms with E-state index in [0.717, 1.165) is 13.0 Å². The molecule has 2 aromatic rings. The Bertz CT molecular complexity index is 685. The summed E-state index contributed by atoms with van der Waals surface area (Å²) in [5.41, 5.74) is 0.683. The van der Waals surface area contributed by atoms with Gasteiger partial charge in [-0.1, -0.05) is 5.16 Å². The number of hydrogen-bond donors (Lipinski definition) is 1. The van der Waals surface area contributed by atoms with Gasteiger partial charge in [0.05, 0.1) is 0 Å². The molecule has 8 nitrogen and oxygen atoms in total. The van der Waals surface area contributed by atoms with Crippen molar-refractivity contribution in [2.45, 2.75) is 19.3 Å². The van der Waals surface area contributed by atoms with Gasteiger partial charge in [-0.2, -0.15) is 4.98 Å². The third kappa shape index (κ3) is 3.71. The molecule has 0 aliphatic carbocycles. The van der Waals surface area contributed by atoms with Crippen LogP contribution >= 0.6 is 0 Å². The Hall–Kier alpha value is -2.77. The standard InChI is InChI=1S/C15H17N5O3/c21-12-5-2-8-20(12)9-3-7-17-14(22)15-18-13(19-23-15)11-4-1-6-16-10-11/h1,4,6,10H,2-3,5,7-9H2,(H,17,22). The Balaban J connectivity index is 1.47. The molecule has 0 atom stereocenters. The van der Waals surface area contributed by atoms with Crippen LogP contribution in [0.5, 0.6) is 0 Å². The Morgan fingerprint density at radius 1 is 1.43 bits per heavy atom. The minimum absolute atomic E-state index is 0.0823. The van der Waals surface area contributed by atoms with Crippen LogP contribution in [0.2, 0.25) is 0 Å². The average molecular weight is 315 g/mol. The lowest BCUT2D eigenvalue weighted by Gasteiger charge is -2.14. The lowest BCUT2D eigenvalue weighted by Crippen LogP contribution is -2.30. The van der Waals surface area contributed by atoms with Crippen LogP contribution in [0, 0.1) is 0 Å². The number of carbonyl (C=O) groups is 2. The zero-order valence-electron chi connectivity index (χ0n) is 12.6. The number of rotatable bonds is 6. The van der Waals surface area contributed by atoms with Gasteiger partial charge in [0.25, 0.3) is 0 Å². The molecule has 0 unspecified atom stereocenters. The Labute approximate surface area is 132 Å². The van der Waals surface area contributed by atoms with Gasteiger partial charge in [0, 0.05) is 44.0 Å². The first-order chi connectivity index (χ1) is 11.2. The van der Waals surface area contributed by atoms with Crippen molar-refractivity contribution in [1.29, 1.82) is 0 Å². The molecule has 2 aromatic heterocycles. The predicted octanol–water partition coefficient (Wildman–Crippen LogP) is 0.874. The third-order valence-electron chi connectivity index (χ3n) is 3.60. The monoisotopic (exact) mass is 315 g/mol. The molecule has 1 aliphatic rings. The highest BCUT2D eigenvalue weighted by Gasteiger charge is 2.20. The van der Waals surface area contributed by atoms with Crippen LogP contribution in [0.25, 0.3) is 11.4 Å². The summed E-state index contributed by atoms with van der Waals surface area (Å²) in [6.45, 7) is 1.92. The van der Waals surface area contributed by atoms with Crippen molar-refractivity contribution in [3.8, 4) is 11.4 Å². The SMILES string of the molecule is O=C(NCCCN1CCCC1=O)c1nc(-c2cccnc2)no1. The number of amides is 2. The van der Waals surface area contributed by atoms with Crippen LogP contribution in [-0.4, -0.2) is 51.5 Å². The maximum absolute atomic E-state index is 11.9. The minimum Gasteiger partial charge on any atom is -0.348 e. The molecule has 1 N–H and O–H groups in total. The largest absolute Gasteiger partial charge is 0.348 e. The van der Waals surface area contributed by atoms with Crippen LogP contribution in [-0.2, 0) is 4.79 Å². The van der Waals surface area contributed by atoms with Crippen molar-refractivity contribution < 1.29 is 14.1 Å². The van der Waals surface area contributed by atoms with E-state index in [4.69, 9.17) is 4.52 Å². The second-order valence-electron chi connectivity index (χ2n) is 5.26. The van der Waals surface area contributed by atoms with Crippen LogP contribution in [0.1, 0.15) is 29.9 Å². The van der Waals surface area contributed by atoms with Crippen LogP contribution in [0.4, 0.5) is 0 Å². The fraction of sp³-hybridized carbons (Fsp3) is 0.400. The number of nitrogens with one attached hydrogen (secondary N) is 1. The van der Waals surface area contributed by atoms with Gasteiger partial charge in [0.2, 0.25) is 11.7 Å². The van der Waals surface area contributed by atoms with Gasteiger partial charge in [-0.15, -0.1) is 0 Å². The number of nitrogens with zero attached hydrogens (tertiary/aromatic N) is 4. The molecular weight excluding hydrogens is 298 g/mol. The number of pyridine rings is 1. The number of likely N-dealkylation sites (tertiary alicyclic amines) is 1. The molecule has 2 amide bonds. The minimum atomic E-state index is -0.416. The fourth-order valence-corrected chi connectivity index (χ4v) is 2.42. The van der Waals surface area contributed by atoms with E-state index < -0.39 is 5.91 Å². The Morgan fingerprint density at radius 2 is 2.35 bits per heavy atom. The van der Waals surface area contributed by atoms with Crippen molar-refractivity contribution in [2.24, 2.45) is 0 Å². The second kappa shape index (κ2) is 6.99. The zero-order valence-corrected chi connectivity index (χ0v) is 12.6. The van der Waals surface area contributed by atoms with Gasteiger partial charge < -0.3 is 14.7 Å². The van der Waals surface area contributed by atoms with E-state index in [1.54, 1.807) is 24.5 Å². The van der Waals surface area contributed by atoms with Gasteiger partial charge >= 0.3 is 11.8 Å². The van der Waals surface area contributed by atoms with E-state index in [0.29, 0.717) is 37.3 Å². The molecule has 23 heavy (non-hydrogen) atoms. The molecule has 0 radical (unpaired) electrons. The second-order valence-corrected chi connectivity index (χ2v) is 5.26. The molecule has 1 fully saturated rings. The summed E-state index contributed by atoms with van der Waals surface area (Å²) in [7, 11) is 0. The van der Waals surface area contributed by atoms with Crippen molar-refractivity contribution in [2.75, 3.05) is 19.6 Å². The summed E-state index contributed by atoms with van der Waals surface area (Å²) < 4.78 is 4.96. The number of carbonyl (C=O) groups excluding carboxylic acids is 2.